The summed E-state index contributed by atoms with van der Waals surface area (Å²) < 4.78 is 16.3. The van der Waals surface area contributed by atoms with Crippen molar-refractivity contribution in [3.63, 3.8) is 0 Å². The van der Waals surface area contributed by atoms with Crippen LogP contribution < -0.4 is 10.1 Å². The SMILES string of the molecule is CNC(c1ccc(OC)c(Cl)c1)C1COCCO1. The van der Waals surface area contributed by atoms with Gasteiger partial charge in [0.25, 0.3) is 0 Å². The number of nitrogens with one attached hydrogen (secondary N) is 1. The van der Waals surface area contributed by atoms with Gasteiger partial charge in [0.2, 0.25) is 0 Å². The van der Waals surface area contributed by atoms with Gasteiger partial charge in [-0.2, -0.15) is 0 Å². The fourth-order valence-electron chi connectivity index (χ4n) is 2.14. The average Bonchev–Trinajstić information content (AvgIpc) is 2.41. The highest BCUT2D eigenvalue weighted by molar-refractivity contribution is 6.32. The van der Waals surface area contributed by atoms with Crippen molar-refractivity contribution < 1.29 is 14.2 Å². The van der Waals surface area contributed by atoms with E-state index in [9.17, 15) is 0 Å². The Balaban J connectivity index is 2.18. The molecular formula is C13H18ClNO3. The highest BCUT2D eigenvalue weighted by Crippen LogP contribution is 2.29. The minimum Gasteiger partial charge on any atom is -0.495 e. The van der Waals surface area contributed by atoms with Gasteiger partial charge in [-0.1, -0.05) is 17.7 Å². The third kappa shape index (κ3) is 2.95. The van der Waals surface area contributed by atoms with Crippen molar-refractivity contribution >= 4 is 11.6 Å². The maximum Gasteiger partial charge on any atom is 0.137 e. The zero-order chi connectivity index (χ0) is 13.0. The lowest BCUT2D eigenvalue weighted by Gasteiger charge is -2.30. The molecular weight excluding hydrogens is 254 g/mol. The van der Waals surface area contributed by atoms with E-state index in [-0.39, 0.29) is 12.1 Å². The molecule has 2 unspecified atom stereocenters. The molecule has 1 heterocycles. The molecule has 1 saturated heterocycles. The van der Waals surface area contributed by atoms with Crippen LogP contribution in [0.5, 0.6) is 5.75 Å². The molecule has 100 valence electrons. The molecule has 1 aromatic rings. The third-order valence-electron chi connectivity index (χ3n) is 3.06. The predicted molar refractivity (Wildman–Crippen MR) is 70.4 cm³/mol. The second kappa shape index (κ2) is 6.38. The number of likely N-dealkylation sites (N-methyl/N-ethyl adjacent to an activating group) is 1. The molecule has 1 aromatic carbocycles. The van der Waals surface area contributed by atoms with Gasteiger partial charge in [-0.3, -0.25) is 0 Å². The van der Waals surface area contributed by atoms with Crippen LogP contribution in [0.3, 0.4) is 0 Å². The molecule has 0 bridgehead atoms. The van der Waals surface area contributed by atoms with Crippen molar-refractivity contribution in [1.82, 2.24) is 5.32 Å². The molecule has 18 heavy (non-hydrogen) atoms. The standard InChI is InChI=1S/C13H18ClNO3/c1-15-13(12-8-17-5-6-18-12)9-3-4-11(16-2)10(14)7-9/h3-4,7,12-13,15H,5-6,8H2,1-2H3. The predicted octanol–water partition coefficient (Wildman–Crippen LogP) is 2.02. The Hall–Kier alpha value is -0.810. The van der Waals surface area contributed by atoms with Crippen molar-refractivity contribution in [3.8, 4) is 5.75 Å². The van der Waals surface area contributed by atoms with Gasteiger partial charge in [0, 0.05) is 0 Å². The first-order valence-electron chi connectivity index (χ1n) is 5.96. The number of hydrogen-bond donors (Lipinski definition) is 1. The van der Waals surface area contributed by atoms with E-state index in [0.29, 0.717) is 30.6 Å². The number of rotatable bonds is 4. The van der Waals surface area contributed by atoms with Gasteiger partial charge >= 0.3 is 0 Å². The summed E-state index contributed by atoms with van der Waals surface area (Å²) >= 11 is 6.14. The van der Waals surface area contributed by atoms with Crippen LogP contribution in [0.1, 0.15) is 11.6 Å². The van der Waals surface area contributed by atoms with Gasteiger partial charge in [-0.15, -0.1) is 0 Å². The molecule has 2 atom stereocenters. The summed E-state index contributed by atoms with van der Waals surface area (Å²) in [6.07, 6.45) is 0.00760. The van der Waals surface area contributed by atoms with Crippen molar-refractivity contribution in [3.05, 3.63) is 28.8 Å². The maximum absolute atomic E-state index is 6.14. The summed E-state index contributed by atoms with van der Waals surface area (Å²) in [6.45, 7) is 1.89. The molecule has 0 aromatic heterocycles. The van der Waals surface area contributed by atoms with Crippen LogP contribution in [-0.2, 0) is 9.47 Å². The molecule has 0 saturated carbocycles. The number of ether oxygens (including phenoxy) is 3. The summed E-state index contributed by atoms with van der Waals surface area (Å²) in [6, 6.07) is 5.82. The Kier molecular flexibility index (Phi) is 4.83. The van der Waals surface area contributed by atoms with Crippen LogP contribution in [0, 0.1) is 0 Å². The van der Waals surface area contributed by atoms with Crippen LogP contribution in [-0.4, -0.2) is 40.1 Å². The zero-order valence-electron chi connectivity index (χ0n) is 10.6. The summed E-state index contributed by atoms with van der Waals surface area (Å²) in [7, 11) is 3.51. The molecule has 1 aliphatic heterocycles. The van der Waals surface area contributed by atoms with E-state index in [2.05, 4.69) is 5.32 Å². The lowest BCUT2D eigenvalue weighted by Crippen LogP contribution is -2.39. The van der Waals surface area contributed by atoms with Crippen molar-refractivity contribution in [1.29, 1.82) is 0 Å². The van der Waals surface area contributed by atoms with Crippen LogP contribution in [0.25, 0.3) is 0 Å². The molecule has 0 radical (unpaired) electrons. The fourth-order valence-corrected chi connectivity index (χ4v) is 2.41. The molecule has 1 aliphatic rings. The Morgan fingerprint density at radius 3 is 2.83 bits per heavy atom. The van der Waals surface area contributed by atoms with Gasteiger partial charge in [-0.05, 0) is 24.7 Å². The Morgan fingerprint density at radius 2 is 2.28 bits per heavy atom. The average molecular weight is 272 g/mol. The highest BCUT2D eigenvalue weighted by Gasteiger charge is 2.25. The second-order valence-electron chi connectivity index (χ2n) is 4.14. The second-order valence-corrected chi connectivity index (χ2v) is 4.55. The van der Waals surface area contributed by atoms with Gasteiger partial charge in [-0.25, -0.2) is 0 Å². The Bertz CT molecular complexity index is 394. The third-order valence-corrected chi connectivity index (χ3v) is 3.35. The first-order chi connectivity index (χ1) is 8.76. The Morgan fingerprint density at radius 1 is 1.44 bits per heavy atom. The van der Waals surface area contributed by atoms with Crippen LogP contribution >= 0.6 is 11.6 Å². The largest absolute Gasteiger partial charge is 0.495 e. The summed E-state index contributed by atoms with van der Waals surface area (Å²) in [4.78, 5) is 0. The van der Waals surface area contributed by atoms with Gasteiger partial charge in [0.15, 0.2) is 0 Å². The smallest absolute Gasteiger partial charge is 0.137 e. The van der Waals surface area contributed by atoms with Gasteiger partial charge in [0.05, 0.1) is 38.0 Å². The number of halogens is 1. The van der Waals surface area contributed by atoms with Crippen molar-refractivity contribution in [2.45, 2.75) is 12.1 Å². The number of methoxy groups -OCH3 is 1. The minimum atomic E-state index is 0.00760. The van der Waals surface area contributed by atoms with E-state index < -0.39 is 0 Å². The Labute approximate surface area is 112 Å². The summed E-state index contributed by atoms with van der Waals surface area (Å²) in [5.74, 6) is 0.677. The van der Waals surface area contributed by atoms with E-state index in [0.717, 1.165) is 5.56 Å². The monoisotopic (exact) mass is 271 g/mol. The number of benzene rings is 1. The molecule has 0 amide bonds. The first-order valence-corrected chi connectivity index (χ1v) is 6.34. The summed E-state index contributed by atoms with van der Waals surface area (Å²) in [5, 5.41) is 3.85. The van der Waals surface area contributed by atoms with E-state index in [4.69, 9.17) is 25.8 Å². The highest BCUT2D eigenvalue weighted by atomic mass is 35.5. The topological polar surface area (TPSA) is 39.7 Å². The molecule has 1 fully saturated rings. The van der Waals surface area contributed by atoms with Crippen LogP contribution in [0.2, 0.25) is 5.02 Å². The normalized spacial score (nSPS) is 21.6. The van der Waals surface area contributed by atoms with E-state index in [1.807, 2.05) is 25.2 Å². The van der Waals surface area contributed by atoms with E-state index in [1.165, 1.54) is 0 Å². The first kappa shape index (κ1) is 13.6. The van der Waals surface area contributed by atoms with Crippen molar-refractivity contribution in [2.75, 3.05) is 34.0 Å². The maximum atomic E-state index is 6.14. The minimum absolute atomic E-state index is 0.00760. The fraction of sp³-hybridized carbons (Fsp3) is 0.538. The quantitative estimate of drug-likeness (QED) is 0.910. The van der Waals surface area contributed by atoms with Gasteiger partial charge in [0.1, 0.15) is 11.9 Å². The van der Waals surface area contributed by atoms with Gasteiger partial charge < -0.3 is 19.5 Å². The molecule has 4 nitrogen and oxygen atoms in total. The molecule has 0 spiro atoms. The lowest BCUT2D eigenvalue weighted by atomic mass is 10.0. The summed E-state index contributed by atoms with van der Waals surface area (Å²) in [5.41, 5.74) is 1.07. The van der Waals surface area contributed by atoms with Crippen molar-refractivity contribution in [2.24, 2.45) is 0 Å². The molecule has 0 aliphatic carbocycles. The molecule has 1 N–H and O–H groups in total. The van der Waals surface area contributed by atoms with Crippen LogP contribution in [0.4, 0.5) is 0 Å². The molecule has 5 heteroatoms. The number of hydrogen-bond acceptors (Lipinski definition) is 4. The van der Waals surface area contributed by atoms with E-state index >= 15 is 0 Å². The molecule has 2 rings (SSSR count). The van der Waals surface area contributed by atoms with E-state index in [1.54, 1.807) is 7.11 Å². The van der Waals surface area contributed by atoms with Crippen LogP contribution in [0.15, 0.2) is 18.2 Å². The lowest BCUT2D eigenvalue weighted by molar-refractivity contribution is -0.101. The zero-order valence-corrected chi connectivity index (χ0v) is 11.4.